The van der Waals surface area contributed by atoms with Crippen LogP contribution in [0.4, 0.5) is 0 Å². The molecule has 1 heterocycles. The number of aliphatic hydroxyl groups is 3. The summed E-state index contributed by atoms with van der Waals surface area (Å²) in [6.07, 6.45) is 102. The van der Waals surface area contributed by atoms with E-state index >= 15 is 0 Å². The van der Waals surface area contributed by atoms with E-state index in [1.165, 1.54) is 250 Å². The van der Waals surface area contributed by atoms with E-state index in [9.17, 15) is 44.1 Å². The highest BCUT2D eigenvalue weighted by molar-refractivity contribution is 5.89. The summed E-state index contributed by atoms with van der Waals surface area (Å²) in [5, 5.41) is 62.5. The quantitative estimate of drug-likeness (QED) is 0.0170. The molecule has 0 bridgehead atoms. The van der Waals surface area contributed by atoms with Gasteiger partial charge in [-0.1, -0.05) is 363 Å². The molecule has 0 aromatic heterocycles. The summed E-state index contributed by atoms with van der Waals surface area (Å²) in [5.41, 5.74) is 0. The van der Waals surface area contributed by atoms with Gasteiger partial charge in [0, 0.05) is 32.1 Å². The molecule has 1 aliphatic heterocycles. The van der Waals surface area contributed by atoms with Gasteiger partial charge in [0.2, 0.25) is 5.76 Å². The number of carbonyl (C=O) groups excluding carboxylic acids is 2. The minimum absolute atomic E-state index is 0.266. The van der Waals surface area contributed by atoms with Crippen molar-refractivity contribution in [3.63, 3.8) is 0 Å². The van der Waals surface area contributed by atoms with Crippen LogP contribution in [-0.4, -0.2) is 90.4 Å². The first-order valence-corrected chi connectivity index (χ1v) is 44.4. The Labute approximate surface area is 666 Å². The normalized spacial score (nSPS) is 13.2. The molecule has 2 atom stereocenters. The van der Waals surface area contributed by atoms with E-state index in [1.807, 2.05) is 0 Å². The van der Waals surface area contributed by atoms with Gasteiger partial charge in [-0.25, -0.2) is 4.79 Å². The summed E-state index contributed by atoms with van der Waals surface area (Å²) in [5.74, 6) is -5.90. The van der Waals surface area contributed by atoms with Crippen LogP contribution in [0.15, 0.2) is 109 Å². The standard InChI is InChI=1S/C22H38O7.4C18H32O2/c1-2-3-4-5-6-7-8-9-10-11-12-13-14-15-18(24)28-16-17(23)21-19(25)20(26)22(27)29-21;4*1-2-3-4-5-6-7-8-9-10-11-12-13-14-15-16-17-18(19)20/h17,21,23,25-26H,2-16H2,1H3;3*7-10H,2-6,11-17H2,1H3,(H,19,20);6-9H,2-5,10-17H2,1H3,(H,19,20)/b;8-7+,10-9-;8-7-,10-9+;8-7-,10-9-;7-6-,9-8+/t17-,21+;;;;/m0..../s1. The molecule has 109 heavy (non-hydrogen) atoms. The summed E-state index contributed by atoms with van der Waals surface area (Å²) in [4.78, 5) is 64.1. The molecule has 0 saturated heterocycles. The van der Waals surface area contributed by atoms with Crippen LogP contribution in [-0.2, 0) is 38.2 Å². The van der Waals surface area contributed by atoms with Crippen molar-refractivity contribution < 1.29 is 74.0 Å². The molecule has 0 amide bonds. The van der Waals surface area contributed by atoms with Gasteiger partial charge in [0.25, 0.3) is 0 Å². The number of aliphatic carboxylic acids is 4. The molecule has 0 fully saturated rings. The average Bonchev–Trinajstić information content (AvgIpc) is 1.69. The molecule has 632 valence electrons. The van der Waals surface area contributed by atoms with Crippen LogP contribution in [0.25, 0.3) is 0 Å². The fourth-order valence-electron chi connectivity index (χ4n) is 11.8. The maximum absolute atomic E-state index is 11.7. The van der Waals surface area contributed by atoms with Crippen molar-refractivity contribution in [3.05, 3.63) is 109 Å². The van der Waals surface area contributed by atoms with Crippen molar-refractivity contribution in [2.75, 3.05) is 6.61 Å². The molecular formula is C94H166O15. The largest absolute Gasteiger partial charge is 0.505 e. The number of aliphatic hydroxyl groups excluding tert-OH is 3. The second kappa shape index (κ2) is 94.4. The van der Waals surface area contributed by atoms with E-state index < -0.39 is 66.1 Å². The highest BCUT2D eigenvalue weighted by Gasteiger charge is 2.39. The lowest BCUT2D eigenvalue weighted by Gasteiger charge is -2.17. The second-order valence-corrected chi connectivity index (χ2v) is 29.4. The molecule has 0 aromatic carbocycles. The van der Waals surface area contributed by atoms with Gasteiger partial charge in [0.1, 0.15) is 12.7 Å². The molecule has 7 N–H and O–H groups in total. The van der Waals surface area contributed by atoms with Crippen LogP contribution in [0, 0.1) is 0 Å². The number of hydrogen-bond acceptors (Lipinski definition) is 11. The Balaban J connectivity index is -0.000000639. The molecule has 1 rings (SSSR count). The van der Waals surface area contributed by atoms with Crippen molar-refractivity contribution in [2.24, 2.45) is 0 Å². The molecule has 15 heteroatoms. The predicted molar refractivity (Wildman–Crippen MR) is 457 cm³/mol. The van der Waals surface area contributed by atoms with Gasteiger partial charge in [-0.15, -0.1) is 0 Å². The third-order valence-corrected chi connectivity index (χ3v) is 18.7. The van der Waals surface area contributed by atoms with Crippen molar-refractivity contribution in [1.82, 2.24) is 0 Å². The van der Waals surface area contributed by atoms with Crippen LogP contribution in [0.3, 0.4) is 0 Å². The third kappa shape index (κ3) is 98.1. The Morgan fingerprint density at radius 2 is 0.486 bits per heavy atom. The number of rotatable bonds is 73. The minimum atomic E-state index is -1.42. The van der Waals surface area contributed by atoms with Crippen LogP contribution >= 0.6 is 0 Å². The highest BCUT2D eigenvalue weighted by Crippen LogP contribution is 2.22. The zero-order chi connectivity index (χ0) is 81.0. The summed E-state index contributed by atoms with van der Waals surface area (Å²) in [6.45, 7) is 10.8. The first kappa shape index (κ1) is 109. The molecule has 0 spiro atoms. The van der Waals surface area contributed by atoms with Crippen molar-refractivity contribution in [2.45, 2.75) is 445 Å². The smallest absolute Gasteiger partial charge is 0.377 e. The number of unbranched alkanes of at least 4 members (excludes halogenated alkanes) is 48. The molecule has 0 aliphatic carbocycles. The zero-order valence-electron chi connectivity index (χ0n) is 70.3. The first-order chi connectivity index (χ1) is 53.0. The molecule has 0 unspecified atom stereocenters. The zero-order valence-corrected chi connectivity index (χ0v) is 70.3. The topological polar surface area (TPSA) is 262 Å². The molecule has 15 nitrogen and oxygen atoms in total. The Hall–Kier alpha value is -5.96. The van der Waals surface area contributed by atoms with Gasteiger partial charge in [-0.2, -0.15) is 0 Å². The maximum Gasteiger partial charge on any atom is 0.377 e. The number of carboxylic acids is 4. The molecular weight excluding hydrogens is 1370 g/mol. The maximum atomic E-state index is 11.7. The van der Waals surface area contributed by atoms with Crippen molar-refractivity contribution in [3.8, 4) is 0 Å². The summed E-state index contributed by atoms with van der Waals surface area (Å²) in [6, 6.07) is 0. The fraction of sp³-hybridized carbons (Fsp3) is 0.745. The number of allylic oxidation sites excluding steroid dienone is 16. The van der Waals surface area contributed by atoms with Gasteiger partial charge < -0.3 is 45.2 Å². The van der Waals surface area contributed by atoms with Crippen molar-refractivity contribution >= 4 is 35.8 Å². The number of cyclic esters (lactones) is 1. The Bertz CT molecular complexity index is 2170. The van der Waals surface area contributed by atoms with E-state index in [-0.39, 0.29) is 6.42 Å². The van der Waals surface area contributed by atoms with E-state index in [4.69, 9.17) is 25.2 Å². The first-order valence-electron chi connectivity index (χ1n) is 44.4. The van der Waals surface area contributed by atoms with Crippen LogP contribution in [0.5, 0.6) is 0 Å². The van der Waals surface area contributed by atoms with Crippen molar-refractivity contribution in [1.29, 1.82) is 0 Å². The number of ether oxygens (including phenoxy) is 2. The van der Waals surface area contributed by atoms with E-state index in [2.05, 4.69) is 137 Å². The number of carbonyl (C=O) groups is 6. The predicted octanol–water partition coefficient (Wildman–Crippen LogP) is 28.2. The van der Waals surface area contributed by atoms with Crippen LogP contribution in [0.1, 0.15) is 433 Å². The summed E-state index contributed by atoms with van der Waals surface area (Å²) >= 11 is 0. The summed E-state index contributed by atoms with van der Waals surface area (Å²) in [7, 11) is 0. The van der Waals surface area contributed by atoms with Gasteiger partial charge >= 0.3 is 35.8 Å². The lowest BCUT2D eigenvalue weighted by molar-refractivity contribution is -0.154. The van der Waals surface area contributed by atoms with Gasteiger partial charge in [-0.05, 0) is 135 Å². The SMILES string of the molecule is CCCCC/C=C\C=C\CCCCCCCCC(=O)O.CCCCCC/C=C/C=C\CCCCCCCC(=O)O.CCCCCC/C=C\C=C/CCCCCCCC(=O)O.CCCCCC/C=C\C=C\CCCCCCCC(=O)O.CCCCCCCCCCCCCCCC(=O)OC[C@H](O)[C@H]1OC(=O)C(O)=C1O. The third-order valence-electron chi connectivity index (χ3n) is 18.7. The van der Waals surface area contributed by atoms with Gasteiger partial charge in [-0.3, -0.25) is 24.0 Å². The van der Waals surface area contributed by atoms with Gasteiger partial charge in [0.05, 0.1) is 0 Å². The minimum Gasteiger partial charge on any atom is -0.505 e. The second-order valence-electron chi connectivity index (χ2n) is 29.4. The van der Waals surface area contributed by atoms with E-state index in [0.717, 1.165) is 116 Å². The molecule has 1 aliphatic rings. The number of carboxylic acid groups (broad SMARTS) is 4. The lowest BCUT2D eigenvalue weighted by Crippen LogP contribution is -2.33. The Kier molecular flexibility index (Phi) is 94.7. The van der Waals surface area contributed by atoms with E-state index in [0.29, 0.717) is 25.7 Å². The fourth-order valence-corrected chi connectivity index (χ4v) is 11.8. The van der Waals surface area contributed by atoms with Crippen LogP contribution < -0.4 is 0 Å². The Morgan fingerprint density at radius 1 is 0.303 bits per heavy atom. The molecule has 0 radical (unpaired) electrons. The average molecular weight is 1540 g/mol. The highest BCUT2D eigenvalue weighted by atomic mass is 16.6. The number of hydrogen-bond donors (Lipinski definition) is 7. The van der Waals surface area contributed by atoms with Crippen LogP contribution in [0.2, 0.25) is 0 Å². The number of esters is 2. The van der Waals surface area contributed by atoms with Gasteiger partial charge in [0.15, 0.2) is 11.9 Å². The lowest BCUT2D eigenvalue weighted by atomic mass is 10.0. The Morgan fingerprint density at radius 3 is 0.697 bits per heavy atom. The molecule has 0 saturated carbocycles. The summed E-state index contributed by atoms with van der Waals surface area (Å²) < 4.78 is 9.55. The van der Waals surface area contributed by atoms with E-state index in [1.54, 1.807) is 0 Å². The monoisotopic (exact) mass is 1540 g/mol. The molecule has 0 aromatic rings.